The van der Waals surface area contributed by atoms with E-state index in [1.165, 1.54) is 17.5 Å². The first-order valence-corrected chi connectivity index (χ1v) is 6.53. The third-order valence-electron chi connectivity index (χ3n) is 2.55. The third-order valence-corrected chi connectivity index (χ3v) is 3.43. The lowest BCUT2D eigenvalue weighted by molar-refractivity contribution is -0.386. The maximum absolute atomic E-state index is 11.0. The number of aliphatic hydroxyl groups is 1. The van der Waals surface area contributed by atoms with Gasteiger partial charge in [0.15, 0.2) is 6.29 Å². The number of rotatable bonds is 5. The highest BCUT2D eigenvalue weighted by atomic mass is 32.1. The minimum absolute atomic E-state index is 0.0202. The van der Waals surface area contributed by atoms with Crippen molar-refractivity contribution in [3.63, 3.8) is 0 Å². The zero-order valence-corrected chi connectivity index (χ0v) is 11.3. The number of nitrogens with zero attached hydrogens (tertiary/aromatic N) is 3. The minimum atomic E-state index is -1.09. The molecule has 1 unspecified atom stereocenters. The lowest BCUT2D eigenvalue weighted by Gasteiger charge is -2.10. The molecule has 0 spiro atoms. The number of thiazole rings is 1. The van der Waals surface area contributed by atoms with Crippen LogP contribution >= 0.6 is 11.3 Å². The van der Waals surface area contributed by atoms with Crippen molar-refractivity contribution in [2.24, 2.45) is 0 Å². The van der Waals surface area contributed by atoms with Gasteiger partial charge in [0, 0.05) is 13.0 Å². The van der Waals surface area contributed by atoms with Crippen LogP contribution in [0.1, 0.15) is 17.5 Å². The highest BCUT2D eigenvalue weighted by molar-refractivity contribution is 7.18. The highest BCUT2D eigenvalue weighted by Gasteiger charge is 2.23. The fourth-order valence-corrected chi connectivity index (χ4v) is 2.59. The van der Waals surface area contributed by atoms with E-state index >= 15 is 0 Å². The fourth-order valence-electron chi connectivity index (χ4n) is 1.80. The van der Waals surface area contributed by atoms with Gasteiger partial charge in [0.05, 0.1) is 15.5 Å². The Labute approximate surface area is 113 Å². The standard InChI is InChI=1S/C11H13N3O4S/c1-3-18-9(15)4-7-8(14(16)17)5-12-11-10(7)13-6(2)19-11/h5,9,15H,3-4H2,1-2H3. The predicted molar refractivity (Wildman–Crippen MR) is 70.1 cm³/mol. The summed E-state index contributed by atoms with van der Waals surface area (Å²) in [7, 11) is 0. The van der Waals surface area contributed by atoms with E-state index in [0.717, 1.165) is 5.01 Å². The molecule has 7 nitrogen and oxygen atoms in total. The molecule has 0 saturated heterocycles. The maximum atomic E-state index is 11.0. The molecule has 2 aromatic rings. The van der Waals surface area contributed by atoms with Crippen LogP contribution in [-0.4, -0.2) is 32.9 Å². The first-order valence-electron chi connectivity index (χ1n) is 5.72. The monoisotopic (exact) mass is 283 g/mol. The number of hydrogen-bond donors (Lipinski definition) is 1. The van der Waals surface area contributed by atoms with E-state index in [1.807, 2.05) is 0 Å². The normalized spacial score (nSPS) is 12.8. The third kappa shape index (κ3) is 2.86. The molecule has 0 fully saturated rings. The van der Waals surface area contributed by atoms with E-state index in [-0.39, 0.29) is 12.1 Å². The lowest BCUT2D eigenvalue weighted by atomic mass is 10.1. The molecule has 0 saturated carbocycles. The molecule has 0 aliphatic carbocycles. The highest BCUT2D eigenvalue weighted by Crippen LogP contribution is 2.30. The van der Waals surface area contributed by atoms with E-state index in [1.54, 1.807) is 13.8 Å². The van der Waals surface area contributed by atoms with Crippen molar-refractivity contribution in [3.8, 4) is 0 Å². The molecule has 0 amide bonds. The SMILES string of the molecule is CCOC(O)Cc1c([N+](=O)[O-])cnc2sc(C)nc12. The Morgan fingerprint density at radius 1 is 1.63 bits per heavy atom. The van der Waals surface area contributed by atoms with Crippen molar-refractivity contribution >= 4 is 27.4 Å². The second-order valence-corrected chi connectivity index (χ2v) is 5.06. The van der Waals surface area contributed by atoms with Crippen LogP contribution in [0.25, 0.3) is 10.3 Å². The molecule has 8 heteroatoms. The largest absolute Gasteiger partial charge is 0.368 e. The van der Waals surface area contributed by atoms with Gasteiger partial charge in [0.25, 0.3) is 5.69 Å². The average molecular weight is 283 g/mol. The van der Waals surface area contributed by atoms with Gasteiger partial charge >= 0.3 is 0 Å². The van der Waals surface area contributed by atoms with Gasteiger partial charge < -0.3 is 9.84 Å². The Kier molecular flexibility index (Phi) is 4.03. The first-order chi connectivity index (χ1) is 9.02. The Hall–Kier alpha value is -1.64. The summed E-state index contributed by atoms with van der Waals surface area (Å²) in [5.74, 6) is 0. The number of hydrogen-bond acceptors (Lipinski definition) is 7. The molecular weight excluding hydrogens is 270 g/mol. The van der Waals surface area contributed by atoms with E-state index in [0.29, 0.717) is 22.5 Å². The van der Waals surface area contributed by atoms with Crippen molar-refractivity contribution in [2.75, 3.05) is 6.61 Å². The summed E-state index contributed by atoms with van der Waals surface area (Å²) in [5, 5.41) is 21.5. The summed E-state index contributed by atoms with van der Waals surface area (Å²) in [6.07, 6.45) is 0.136. The zero-order chi connectivity index (χ0) is 14.0. The number of pyridine rings is 1. The van der Waals surface area contributed by atoms with Crippen LogP contribution in [0.15, 0.2) is 6.20 Å². The van der Waals surface area contributed by atoms with Gasteiger partial charge in [0.2, 0.25) is 0 Å². The Morgan fingerprint density at radius 2 is 2.37 bits per heavy atom. The molecule has 0 aliphatic heterocycles. The quantitative estimate of drug-likeness (QED) is 0.510. The van der Waals surface area contributed by atoms with Crippen LogP contribution < -0.4 is 0 Å². The molecule has 0 aliphatic rings. The molecule has 0 aromatic carbocycles. The second kappa shape index (κ2) is 5.55. The van der Waals surface area contributed by atoms with Gasteiger partial charge in [-0.15, -0.1) is 0 Å². The number of nitro groups is 1. The summed E-state index contributed by atoms with van der Waals surface area (Å²) in [6.45, 7) is 3.88. The number of aliphatic hydroxyl groups excluding tert-OH is 1. The topological polar surface area (TPSA) is 98.4 Å². The van der Waals surface area contributed by atoms with Gasteiger partial charge in [-0.2, -0.15) is 0 Å². The summed E-state index contributed by atoms with van der Waals surface area (Å²) in [6, 6.07) is 0. The Balaban J connectivity index is 2.52. The molecule has 102 valence electrons. The van der Waals surface area contributed by atoms with Crippen molar-refractivity contribution in [1.29, 1.82) is 0 Å². The molecular formula is C11H13N3O4S. The predicted octanol–water partition coefficient (Wildman–Crippen LogP) is 1.81. The van der Waals surface area contributed by atoms with Gasteiger partial charge in [-0.25, -0.2) is 9.97 Å². The van der Waals surface area contributed by atoms with Crippen LogP contribution in [0.3, 0.4) is 0 Å². The van der Waals surface area contributed by atoms with Gasteiger partial charge in [-0.05, 0) is 13.8 Å². The zero-order valence-electron chi connectivity index (χ0n) is 10.5. The number of aryl methyl sites for hydroxylation is 1. The molecule has 0 bridgehead atoms. The van der Waals surface area contributed by atoms with Crippen LogP contribution in [0, 0.1) is 17.0 Å². The molecule has 1 N–H and O–H groups in total. The molecule has 2 aromatic heterocycles. The van der Waals surface area contributed by atoms with Gasteiger partial charge in [-0.3, -0.25) is 10.1 Å². The van der Waals surface area contributed by atoms with Crippen LogP contribution in [0.5, 0.6) is 0 Å². The summed E-state index contributed by atoms with van der Waals surface area (Å²) in [5.41, 5.74) is 0.687. The average Bonchev–Trinajstić information content (AvgIpc) is 2.70. The van der Waals surface area contributed by atoms with Crippen molar-refractivity contribution in [2.45, 2.75) is 26.6 Å². The van der Waals surface area contributed by atoms with Crippen LogP contribution in [-0.2, 0) is 11.2 Å². The summed E-state index contributed by atoms with van der Waals surface area (Å²) in [4.78, 5) is 19.4. The summed E-state index contributed by atoms with van der Waals surface area (Å²) < 4.78 is 5.02. The number of aromatic nitrogens is 2. The molecule has 2 heterocycles. The Morgan fingerprint density at radius 3 is 3.00 bits per heavy atom. The van der Waals surface area contributed by atoms with Crippen LogP contribution in [0.2, 0.25) is 0 Å². The van der Waals surface area contributed by atoms with E-state index < -0.39 is 11.2 Å². The van der Waals surface area contributed by atoms with Crippen LogP contribution in [0.4, 0.5) is 5.69 Å². The van der Waals surface area contributed by atoms with Crippen molar-refractivity contribution < 1.29 is 14.8 Å². The Bertz CT molecular complexity index is 613. The van der Waals surface area contributed by atoms with E-state index in [9.17, 15) is 15.2 Å². The van der Waals surface area contributed by atoms with Crippen molar-refractivity contribution in [1.82, 2.24) is 9.97 Å². The summed E-state index contributed by atoms with van der Waals surface area (Å²) >= 11 is 1.36. The molecule has 2 rings (SSSR count). The molecule has 19 heavy (non-hydrogen) atoms. The van der Waals surface area contributed by atoms with Gasteiger partial charge in [-0.1, -0.05) is 11.3 Å². The van der Waals surface area contributed by atoms with Crippen molar-refractivity contribution in [3.05, 3.63) is 26.9 Å². The smallest absolute Gasteiger partial charge is 0.293 e. The van der Waals surface area contributed by atoms with E-state index in [4.69, 9.17) is 4.74 Å². The second-order valence-electron chi connectivity index (χ2n) is 3.88. The lowest BCUT2D eigenvalue weighted by Crippen LogP contribution is -2.16. The maximum Gasteiger partial charge on any atom is 0.293 e. The van der Waals surface area contributed by atoms with E-state index in [2.05, 4.69) is 9.97 Å². The number of ether oxygens (including phenoxy) is 1. The first kappa shape index (κ1) is 13.8. The fraction of sp³-hybridized carbons (Fsp3) is 0.455. The van der Waals surface area contributed by atoms with Gasteiger partial charge in [0.1, 0.15) is 16.5 Å². The number of fused-ring (bicyclic) bond motifs is 1. The molecule has 1 atom stereocenters. The minimum Gasteiger partial charge on any atom is -0.368 e. The molecule has 0 radical (unpaired) electrons.